The van der Waals surface area contributed by atoms with Crippen molar-refractivity contribution >= 4 is 28.1 Å². The molecule has 0 aliphatic heterocycles. The van der Waals surface area contributed by atoms with Crippen LogP contribution in [0.5, 0.6) is 0 Å². The van der Waals surface area contributed by atoms with E-state index in [1.807, 2.05) is 44.4 Å². The van der Waals surface area contributed by atoms with Gasteiger partial charge in [0, 0.05) is 31.8 Å². The number of hydrogen-bond donors (Lipinski definition) is 1. The highest BCUT2D eigenvalue weighted by Crippen LogP contribution is 2.26. The monoisotopic (exact) mass is 352 g/mol. The predicted octanol–water partition coefficient (Wildman–Crippen LogP) is 3.84. The topological polar surface area (TPSA) is 58.1 Å². The zero-order valence-electron chi connectivity index (χ0n) is 14.3. The molecule has 1 amide bonds. The molecule has 1 heterocycles. The molecule has 1 aromatic heterocycles. The molecule has 0 saturated heterocycles. The first-order chi connectivity index (χ1) is 12.1. The molecular weight excluding hydrogens is 332 g/mol. The van der Waals surface area contributed by atoms with Crippen LogP contribution in [0.3, 0.4) is 0 Å². The highest BCUT2D eigenvalue weighted by Gasteiger charge is 2.09. The van der Waals surface area contributed by atoms with Gasteiger partial charge >= 0.3 is 0 Å². The zero-order valence-corrected chi connectivity index (χ0v) is 15.1. The van der Waals surface area contributed by atoms with E-state index in [1.54, 1.807) is 0 Å². The highest BCUT2D eigenvalue weighted by atomic mass is 32.1. The molecule has 25 heavy (non-hydrogen) atoms. The minimum atomic E-state index is -0.0487. The van der Waals surface area contributed by atoms with Gasteiger partial charge in [0.15, 0.2) is 0 Å². The number of nitrogens with zero attached hydrogens (tertiary/aromatic N) is 3. The number of aromatic nitrogens is 2. The van der Waals surface area contributed by atoms with Crippen molar-refractivity contribution in [3.8, 4) is 10.6 Å². The van der Waals surface area contributed by atoms with Crippen LogP contribution in [-0.2, 0) is 11.2 Å². The fourth-order valence-electron chi connectivity index (χ4n) is 2.37. The summed E-state index contributed by atoms with van der Waals surface area (Å²) in [6.45, 7) is 0. The van der Waals surface area contributed by atoms with Crippen LogP contribution in [0.2, 0.25) is 0 Å². The number of hydrogen-bond acceptors (Lipinski definition) is 5. The number of amides is 1. The Hall–Kier alpha value is -2.73. The minimum Gasteiger partial charge on any atom is -0.378 e. The molecule has 0 saturated carbocycles. The molecule has 5 nitrogen and oxygen atoms in total. The smallest absolute Gasteiger partial charge is 0.226 e. The Labute approximate surface area is 151 Å². The van der Waals surface area contributed by atoms with E-state index in [0.29, 0.717) is 18.0 Å². The van der Waals surface area contributed by atoms with Crippen LogP contribution in [0.15, 0.2) is 54.6 Å². The Morgan fingerprint density at radius 1 is 1.04 bits per heavy atom. The third kappa shape index (κ3) is 4.64. The number of nitrogens with one attached hydrogen (secondary N) is 1. The summed E-state index contributed by atoms with van der Waals surface area (Å²) >= 11 is 1.38. The van der Waals surface area contributed by atoms with Gasteiger partial charge in [0.1, 0.15) is 5.01 Å². The summed E-state index contributed by atoms with van der Waals surface area (Å²) in [5, 5.41) is 12.3. The Morgan fingerprint density at radius 3 is 2.44 bits per heavy atom. The summed E-state index contributed by atoms with van der Waals surface area (Å²) in [7, 11) is 4.02. The van der Waals surface area contributed by atoms with Gasteiger partial charge in [0.25, 0.3) is 0 Å². The van der Waals surface area contributed by atoms with Crippen molar-refractivity contribution in [1.82, 2.24) is 10.2 Å². The fraction of sp³-hybridized carbons (Fsp3) is 0.211. The summed E-state index contributed by atoms with van der Waals surface area (Å²) in [4.78, 5) is 14.2. The lowest BCUT2D eigenvalue weighted by Crippen LogP contribution is -2.12. The Bertz CT molecular complexity index is 828. The highest BCUT2D eigenvalue weighted by molar-refractivity contribution is 7.18. The van der Waals surface area contributed by atoms with Gasteiger partial charge in [-0.25, -0.2) is 0 Å². The maximum Gasteiger partial charge on any atom is 0.226 e. The summed E-state index contributed by atoms with van der Waals surface area (Å²) in [6.07, 6.45) is 1.12. The van der Waals surface area contributed by atoms with Crippen molar-refractivity contribution in [1.29, 1.82) is 0 Å². The first-order valence-electron chi connectivity index (χ1n) is 8.07. The summed E-state index contributed by atoms with van der Waals surface area (Å²) < 4.78 is 0. The van der Waals surface area contributed by atoms with Crippen molar-refractivity contribution in [3.05, 3.63) is 60.2 Å². The van der Waals surface area contributed by atoms with Crippen LogP contribution in [0, 0.1) is 0 Å². The van der Waals surface area contributed by atoms with Gasteiger partial charge in [-0.2, -0.15) is 0 Å². The van der Waals surface area contributed by atoms with Crippen LogP contribution < -0.4 is 10.2 Å². The van der Waals surface area contributed by atoms with E-state index in [4.69, 9.17) is 0 Å². The molecule has 0 unspecified atom stereocenters. The molecule has 2 aromatic carbocycles. The lowest BCUT2D eigenvalue weighted by atomic mass is 10.1. The molecule has 128 valence electrons. The summed E-state index contributed by atoms with van der Waals surface area (Å²) in [6, 6.07) is 18.1. The molecule has 0 aliphatic carbocycles. The Balaban J connectivity index is 1.53. The standard InChI is InChI=1S/C19H20N4OS/c1-23(2)16-11-8-14(9-12-16)10-13-17(24)20-19-22-21-18(25-19)15-6-4-3-5-7-15/h3-9,11-12H,10,13H2,1-2H3,(H,20,22,24). The van der Waals surface area contributed by atoms with E-state index in [2.05, 4.69) is 44.7 Å². The maximum absolute atomic E-state index is 12.1. The molecule has 3 aromatic rings. The Morgan fingerprint density at radius 2 is 1.76 bits per heavy atom. The number of anilines is 2. The van der Waals surface area contributed by atoms with Crippen LogP contribution >= 0.6 is 11.3 Å². The molecule has 0 radical (unpaired) electrons. The van der Waals surface area contributed by atoms with Gasteiger partial charge in [0.05, 0.1) is 0 Å². The van der Waals surface area contributed by atoms with Crippen molar-refractivity contribution in [2.45, 2.75) is 12.8 Å². The first-order valence-corrected chi connectivity index (χ1v) is 8.88. The molecule has 0 fully saturated rings. The zero-order chi connectivity index (χ0) is 17.6. The summed E-state index contributed by atoms with van der Waals surface area (Å²) in [5.41, 5.74) is 3.29. The number of aryl methyl sites for hydroxylation is 1. The molecule has 0 atom stereocenters. The third-order valence-electron chi connectivity index (χ3n) is 3.79. The quantitative estimate of drug-likeness (QED) is 0.732. The average molecular weight is 352 g/mol. The van der Waals surface area contributed by atoms with E-state index in [-0.39, 0.29) is 5.91 Å². The minimum absolute atomic E-state index is 0.0487. The van der Waals surface area contributed by atoms with Crippen molar-refractivity contribution in [2.75, 3.05) is 24.3 Å². The third-order valence-corrected chi connectivity index (χ3v) is 4.67. The van der Waals surface area contributed by atoms with Crippen LogP contribution in [0.4, 0.5) is 10.8 Å². The fourth-order valence-corrected chi connectivity index (χ4v) is 3.14. The SMILES string of the molecule is CN(C)c1ccc(CCC(=O)Nc2nnc(-c3ccccc3)s2)cc1. The van der Waals surface area contributed by atoms with Gasteiger partial charge in [-0.1, -0.05) is 53.8 Å². The van der Waals surface area contributed by atoms with Crippen molar-refractivity contribution in [2.24, 2.45) is 0 Å². The lowest BCUT2D eigenvalue weighted by Gasteiger charge is -2.12. The lowest BCUT2D eigenvalue weighted by molar-refractivity contribution is -0.116. The van der Waals surface area contributed by atoms with E-state index in [9.17, 15) is 4.79 Å². The second kappa shape index (κ2) is 7.90. The van der Waals surface area contributed by atoms with Crippen LogP contribution in [0.25, 0.3) is 10.6 Å². The second-order valence-corrected chi connectivity index (χ2v) is 6.86. The van der Waals surface area contributed by atoms with Crippen LogP contribution in [0.1, 0.15) is 12.0 Å². The second-order valence-electron chi connectivity index (χ2n) is 5.89. The normalized spacial score (nSPS) is 10.5. The maximum atomic E-state index is 12.1. The first kappa shape index (κ1) is 17.1. The van der Waals surface area contributed by atoms with Gasteiger partial charge in [-0.3, -0.25) is 4.79 Å². The van der Waals surface area contributed by atoms with E-state index in [1.165, 1.54) is 11.3 Å². The molecular formula is C19H20N4OS. The van der Waals surface area contributed by atoms with Gasteiger partial charge in [0.2, 0.25) is 11.0 Å². The van der Waals surface area contributed by atoms with E-state index < -0.39 is 0 Å². The average Bonchev–Trinajstić information content (AvgIpc) is 3.09. The number of rotatable bonds is 6. The van der Waals surface area contributed by atoms with Crippen molar-refractivity contribution < 1.29 is 4.79 Å². The molecule has 6 heteroatoms. The molecule has 0 bridgehead atoms. The molecule has 0 spiro atoms. The Kier molecular flexibility index (Phi) is 5.40. The van der Waals surface area contributed by atoms with Gasteiger partial charge in [-0.15, -0.1) is 10.2 Å². The van der Waals surface area contributed by atoms with E-state index in [0.717, 1.165) is 21.8 Å². The predicted molar refractivity (Wildman–Crippen MR) is 103 cm³/mol. The van der Waals surface area contributed by atoms with Crippen LogP contribution in [-0.4, -0.2) is 30.2 Å². The number of carbonyl (C=O) groups excluding carboxylic acids is 1. The molecule has 1 N–H and O–H groups in total. The van der Waals surface area contributed by atoms with Gasteiger partial charge in [-0.05, 0) is 24.1 Å². The van der Waals surface area contributed by atoms with Gasteiger partial charge < -0.3 is 10.2 Å². The molecule has 0 aliphatic rings. The molecule has 3 rings (SSSR count). The summed E-state index contributed by atoms with van der Waals surface area (Å²) in [5.74, 6) is -0.0487. The number of carbonyl (C=O) groups is 1. The largest absolute Gasteiger partial charge is 0.378 e. The van der Waals surface area contributed by atoms with Crippen molar-refractivity contribution in [3.63, 3.8) is 0 Å². The number of benzene rings is 2. The van der Waals surface area contributed by atoms with E-state index >= 15 is 0 Å².